The van der Waals surface area contributed by atoms with Gasteiger partial charge in [0.15, 0.2) is 0 Å². The molecule has 0 saturated heterocycles. The van der Waals surface area contributed by atoms with Crippen molar-refractivity contribution in [3.05, 3.63) is 0 Å². The summed E-state index contributed by atoms with van der Waals surface area (Å²) in [5.74, 6) is -0.851. The van der Waals surface area contributed by atoms with Crippen molar-refractivity contribution >= 4 is 10.1 Å². The number of nitrogens with one attached hydrogen (secondary N) is 1. The Morgan fingerprint density at radius 1 is 1.46 bits per heavy atom. The van der Waals surface area contributed by atoms with Crippen LogP contribution in [0, 0.1) is 0 Å². The lowest BCUT2D eigenvalue weighted by atomic mass is 10.1. The Labute approximate surface area is 78.3 Å². The second-order valence-electron chi connectivity index (χ2n) is 3.98. The maximum Gasteiger partial charge on any atom is 0.267 e. The van der Waals surface area contributed by atoms with Crippen LogP contribution in [-0.2, 0) is 10.1 Å². The molecule has 0 aromatic rings. The fraction of sp³-hybridized carbons (Fsp3) is 1.00. The molecule has 13 heavy (non-hydrogen) atoms. The third-order valence-electron chi connectivity index (χ3n) is 1.25. The summed E-state index contributed by atoms with van der Waals surface area (Å²) in [6, 6.07) is 0. The van der Waals surface area contributed by atoms with Crippen molar-refractivity contribution in [1.82, 2.24) is 5.32 Å². The number of rotatable bonds is 4. The molecule has 0 aromatic carbocycles. The van der Waals surface area contributed by atoms with Gasteiger partial charge in [-0.25, -0.2) is 4.39 Å². The van der Waals surface area contributed by atoms with E-state index in [0.29, 0.717) is 0 Å². The number of alkyl halides is 1. The second kappa shape index (κ2) is 4.34. The quantitative estimate of drug-likeness (QED) is 0.671. The van der Waals surface area contributed by atoms with Crippen LogP contribution in [0.15, 0.2) is 0 Å². The molecule has 2 N–H and O–H groups in total. The molecule has 0 bridgehead atoms. The standard InChI is InChI=1S/C7H16FNO3S/c1-7(2,3)9-4-6(8)5-13(10,11)12/h6,9H,4-5H2,1-3H3,(H,10,11,12)/t6-/m0/s1. The molecule has 0 saturated carbocycles. The van der Waals surface area contributed by atoms with Crippen LogP contribution in [0.4, 0.5) is 4.39 Å². The van der Waals surface area contributed by atoms with Gasteiger partial charge in [0, 0.05) is 12.1 Å². The molecule has 0 heterocycles. The van der Waals surface area contributed by atoms with Gasteiger partial charge in [-0.1, -0.05) is 0 Å². The van der Waals surface area contributed by atoms with E-state index in [-0.39, 0.29) is 12.1 Å². The molecule has 80 valence electrons. The van der Waals surface area contributed by atoms with Crippen molar-refractivity contribution < 1.29 is 17.4 Å². The molecule has 0 amide bonds. The van der Waals surface area contributed by atoms with E-state index in [1.54, 1.807) is 0 Å². The summed E-state index contributed by atoms with van der Waals surface area (Å²) in [5, 5.41) is 2.79. The molecule has 0 aliphatic rings. The second-order valence-corrected chi connectivity index (χ2v) is 5.47. The summed E-state index contributed by atoms with van der Waals surface area (Å²) >= 11 is 0. The Kier molecular flexibility index (Phi) is 4.28. The van der Waals surface area contributed by atoms with Crippen LogP contribution in [-0.4, -0.2) is 37.0 Å². The zero-order valence-electron chi connectivity index (χ0n) is 8.04. The number of hydrogen-bond donors (Lipinski definition) is 2. The maximum atomic E-state index is 12.8. The highest BCUT2D eigenvalue weighted by atomic mass is 32.2. The summed E-state index contributed by atoms with van der Waals surface area (Å²) < 4.78 is 41.7. The first-order chi connectivity index (χ1) is 5.60. The SMILES string of the molecule is CC(C)(C)NC[C@H](F)CS(=O)(=O)O. The highest BCUT2D eigenvalue weighted by Crippen LogP contribution is 2.01. The topological polar surface area (TPSA) is 66.4 Å². The molecule has 0 aliphatic heterocycles. The smallest absolute Gasteiger partial charge is 0.267 e. The van der Waals surface area contributed by atoms with Gasteiger partial charge in [-0.3, -0.25) is 4.55 Å². The number of halogens is 1. The van der Waals surface area contributed by atoms with E-state index in [1.807, 2.05) is 20.8 Å². The Balaban J connectivity index is 3.84. The van der Waals surface area contributed by atoms with Crippen molar-refractivity contribution in [3.8, 4) is 0 Å². The molecule has 1 atom stereocenters. The number of hydrogen-bond acceptors (Lipinski definition) is 3. The first kappa shape index (κ1) is 12.8. The van der Waals surface area contributed by atoms with Gasteiger partial charge in [0.1, 0.15) is 11.9 Å². The Bertz CT molecular complexity index is 245. The Morgan fingerprint density at radius 3 is 2.23 bits per heavy atom. The molecule has 0 radical (unpaired) electrons. The van der Waals surface area contributed by atoms with Gasteiger partial charge >= 0.3 is 0 Å². The van der Waals surface area contributed by atoms with Gasteiger partial charge in [-0.05, 0) is 20.8 Å². The van der Waals surface area contributed by atoms with Crippen LogP contribution in [0.1, 0.15) is 20.8 Å². The predicted octanol–water partition coefficient (Wildman–Crippen LogP) is 0.600. The van der Waals surface area contributed by atoms with E-state index in [0.717, 1.165) is 0 Å². The van der Waals surface area contributed by atoms with Gasteiger partial charge in [0.25, 0.3) is 10.1 Å². The van der Waals surface area contributed by atoms with E-state index >= 15 is 0 Å². The van der Waals surface area contributed by atoms with Gasteiger partial charge in [-0.2, -0.15) is 8.42 Å². The lowest BCUT2D eigenvalue weighted by Crippen LogP contribution is -2.41. The molecule has 0 fully saturated rings. The molecule has 0 unspecified atom stereocenters. The van der Waals surface area contributed by atoms with Gasteiger partial charge < -0.3 is 5.32 Å². The normalized spacial score (nSPS) is 15.8. The van der Waals surface area contributed by atoms with Crippen LogP contribution < -0.4 is 5.32 Å². The molecule has 0 spiro atoms. The largest absolute Gasteiger partial charge is 0.309 e. The summed E-state index contributed by atoms with van der Waals surface area (Å²) in [4.78, 5) is 0. The average Bonchev–Trinajstić information content (AvgIpc) is 1.78. The van der Waals surface area contributed by atoms with Crippen LogP contribution in [0.25, 0.3) is 0 Å². The minimum absolute atomic E-state index is 0.0801. The third kappa shape index (κ3) is 9.72. The minimum Gasteiger partial charge on any atom is -0.309 e. The average molecular weight is 213 g/mol. The molecular formula is C7H16FNO3S. The van der Waals surface area contributed by atoms with E-state index in [4.69, 9.17) is 4.55 Å². The lowest BCUT2D eigenvalue weighted by Gasteiger charge is -2.21. The zero-order valence-corrected chi connectivity index (χ0v) is 8.86. The monoisotopic (exact) mass is 213 g/mol. The summed E-state index contributed by atoms with van der Waals surface area (Å²) in [5.41, 5.74) is -0.260. The van der Waals surface area contributed by atoms with Crippen LogP contribution >= 0.6 is 0 Å². The predicted molar refractivity (Wildman–Crippen MR) is 49.1 cm³/mol. The molecule has 0 aromatic heterocycles. The first-order valence-electron chi connectivity index (χ1n) is 3.94. The van der Waals surface area contributed by atoms with Crippen molar-refractivity contribution in [1.29, 1.82) is 0 Å². The van der Waals surface area contributed by atoms with Crippen molar-refractivity contribution in [2.24, 2.45) is 0 Å². The van der Waals surface area contributed by atoms with E-state index in [1.165, 1.54) is 0 Å². The van der Waals surface area contributed by atoms with Crippen molar-refractivity contribution in [2.45, 2.75) is 32.5 Å². The highest BCUT2D eigenvalue weighted by Gasteiger charge is 2.18. The zero-order chi connectivity index (χ0) is 10.7. The molecule has 6 heteroatoms. The minimum atomic E-state index is -4.21. The third-order valence-corrected chi connectivity index (χ3v) is 2.03. The lowest BCUT2D eigenvalue weighted by molar-refractivity contribution is 0.301. The fourth-order valence-electron chi connectivity index (χ4n) is 0.704. The van der Waals surface area contributed by atoms with Crippen LogP contribution in [0.3, 0.4) is 0 Å². The highest BCUT2D eigenvalue weighted by molar-refractivity contribution is 7.85. The molecule has 4 nitrogen and oxygen atoms in total. The first-order valence-corrected chi connectivity index (χ1v) is 5.55. The summed E-state index contributed by atoms with van der Waals surface area (Å²) in [7, 11) is -4.21. The Morgan fingerprint density at radius 2 is 1.92 bits per heavy atom. The van der Waals surface area contributed by atoms with Crippen molar-refractivity contribution in [2.75, 3.05) is 12.3 Å². The van der Waals surface area contributed by atoms with E-state index in [9.17, 15) is 12.8 Å². The fourth-order valence-corrected chi connectivity index (χ4v) is 1.28. The molecule has 0 rings (SSSR count). The van der Waals surface area contributed by atoms with Gasteiger partial charge in [0.05, 0.1) is 0 Å². The van der Waals surface area contributed by atoms with Crippen molar-refractivity contribution in [3.63, 3.8) is 0 Å². The molecule has 0 aliphatic carbocycles. The van der Waals surface area contributed by atoms with Gasteiger partial charge in [0.2, 0.25) is 0 Å². The van der Waals surface area contributed by atoms with Gasteiger partial charge in [-0.15, -0.1) is 0 Å². The molecular weight excluding hydrogens is 197 g/mol. The van der Waals surface area contributed by atoms with E-state index in [2.05, 4.69) is 5.32 Å². The summed E-state index contributed by atoms with van der Waals surface area (Å²) in [6.07, 6.45) is -1.57. The summed E-state index contributed by atoms with van der Waals surface area (Å²) in [6.45, 7) is 5.44. The van der Waals surface area contributed by atoms with Crippen LogP contribution in [0.2, 0.25) is 0 Å². The Hall–Kier alpha value is -0.200. The van der Waals surface area contributed by atoms with E-state index < -0.39 is 22.0 Å². The van der Waals surface area contributed by atoms with Crippen LogP contribution in [0.5, 0.6) is 0 Å². The maximum absolute atomic E-state index is 12.8.